The summed E-state index contributed by atoms with van der Waals surface area (Å²) in [6.07, 6.45) is 5.67. The summed E-state index contributed by atoms with van der Waals surface area (Å²) in [5.41, 5.74) is 0. The lowest BCUT2D eigenvalue weighted by molar-refractivity contribution is 0.598. The number of hydrogen-bond acceptors (Lipinski definition) is 4. The molecule has 0 aromatic carbocycles. The van der Waals surface area contributed by atoms with Crippen LogP contribution in [0.4, 0.5) is 0 Å². The highest BCUT2D eigenvalue weighted by Gasteiger charge is 1.95. The number of H-pyrrole nitrogens is 1. The predicted octanol–water partition coefficient (Wildman–Crippen LogP) is 0.973. The summed E-state index contributed by atoms with van der Waals surface area (Å²) < 4.78 is 2.46. The molecule has 0 bridgehead atoms. The second-order valence-electron chi connectivity index (χ2n) is 2.79. The maximum atomic E-state index is 4.98. The van der Waals surface area contributed by atoms with Gasteiger partial charge < -0.3 is 4.98 Å². The van der Waals surface area contributed by atoms with Gasteiger partial charge in [0.2, 0.25) is 0 Å². The molecule has 5 nitrogen and oxygen atoms in total. The van der Waals surface area contributed by atoms with Gasteiger partial charge in [0, 0.05) is 19.2 Å². The van der Waals surface area contributed by atoms with E-state index in [1.54, 1.807) is 23.3 Å². The van der Waals surface area contributed by atoms with Crippen LogP contribution >= 0.6 is 12.2 Å². The zero-order valence-electron chi connectivity index (χ0n) is 7.42. The second-order valence-corrected chi connectivity index (χ2v) is 3.23. The van der Waals surface area contributed by atoms with Crippen molar-refractivity contribution in [2.75, 3.05) is 0 Å². The molecule has 0 aliphatic rings. The summed E-state index contributed by atoms with van der Waals surface area (Å²) in [5, 5.41) is 3.99. The molecule has 2 aromatic rings. The molecule has 0 spiro atoms. The van der Waals surface area contributed by atoms with E-state index in [1.165, 1.54) is 6.33 Å². The molecule has 0 saturated heterocycles. The number of aryl methyl sites for hydroxylation is 2. The molecule has 0 aliphatic heterocycles. The molecule has 1 N–H and O–H groups in total. The molecule has 0 fully saturated rings. The minimum Gasteiger partial charge on any atom is -0.335 e. The van der Waals surface area contributed by atoms with Crippen molar-refractivity contribution in [3.8, 4) is 0 Å². The minimum absolute atomic E-state index is 0.702. The van der Waals surface area contributed by atoms with Gasteiger partial charge in [0.1, 0.15) is 23.1 Å². The normalized spacial score (nSPS) is 10.3. The van der Waals surface area contributed by atoms with Gasteiger partial charge in [-0.25, -0.2) is 9.97 Å². The van der Waals surface area contributed by atoms with Crippen LogP contribution < -0.4 is 0 Å². The van der Waals surface area contributed by atoms with Gasteiger partial charge in [-0.2, -0.15) is 5.10 Å². The molecular formula is C8H9N5S. The Balaban J connectivity index is 2.02. The zero-order chi connectivity index (χ0) is 9.80. The molecule has 2 heterocycles. The predicted molar refractivity (Wildman–Crippen MR) is 53.1 cm³/mol. The molecule has 0 aliphatic carbocycles. The van der Waals surface area contributed by atoms with Crippen molar-refractivity contribution in [2.24, 2.45) is 0 Å². The lowest BCUT2D eigenvalue weighted by atomic mass is 10.4. The molecule has 72 valence electrons. The number of aromatic amines is 1. The monoisotopic (exact) mass is 207 g/mol. The standard InChI is InChI=1S/C8H9N5S/c14-8-1-3-10-7(12-8)2-4-13-6-9-5-11-13/h1,3,5-6H,2,4H2,(H,10,12,14). The van der Waals surface area contributed by atoms with Crippen molar-refractivity contribution < 1.29 is 0 Å². The molecule has 14 heavy (non-hydrogen) atoms. The van der Waals surface area contributed by atoms with Gasteiger partial charge in [0.15, 0.2) is 0 Å². The Morgan fingerprint density at radius 2 is 2.43 bits per heavy atom. The average Bonchev–Trinajstić information content (AvgIpc) is 2.67. The summed E-state index contributed by atoms with van der Waals surface area (Å²) in [7, 11) is 0. The van der Waals surface area contributed by atoms with E-state index in [0.29, 0.717) is 4.64 Å². The lowest BCUT2D eigenvalue weighted by Gasteiger charge is -1.99. The van der Waals surface area contributed by atoms with E-state index in [0.717, 1.165) is 18.8 Å². The fourth-order valence-electron chi connectivity index (χ4n) is 1.11. The molecule has 0 atom stereocenters. The molecule has 0 amide bonds. The van der Waals surface area contributed by atoms with Gasteiger partial charge in [0.25, 0.3) is 0 Å². The number of nitrogens with one attached hydrogen (secondary N) is 1. The average molecular weight is 207 g/mol. The maximum absolute atomic E-state index is 4.98. The zero-order valence-corrected chi connectivity index (χ0v) is 8.24. The van der Waals surface area contributed by atoms with Crippen LogP contribution in [0.5, 0.6) is 0 Å². The minimum atomic E-state index is 0.702. The third kappa shape index (κ3) is 2.23. The van der Waals surface area contributed by atoms with Crippen molar-refractivity contribution in [3.63, 3.8) is 0 Å². The van der Waals surface area contributed by atoms with Gasteiger partial charge in [-0.1, -0.05) is 12.2 Å². The summed E-state index contributed by atoms with van der Waals surface area (Å²) in [5.74, 6) is 0.869. The van der Waals surface area contributed by atoms with Crippen LogP contribution in [0.25, 0.3) is 0 Å². The number of hydrogen-bond donors (Lipinski definition) is 1. The van der Waals surface area contributed by atoms with E-state index in [-0.39, 0.29) is 0 Å². The highest BCUT2D eigenvalue weighted by atomic mass is 32.1. The van der Waals surface area contributed by atoms with Crippen LogP contribution in [0.3, 0.4) is 0 Å². The Labute approximate surface area is 85.8 Å². The Kier molecular flexibility index (Phi) is 2.64. The summed E-state index contributed by atoms with van der Waals surface area (Å²) in [6.45, 7) is 0.752. The summed E-state index contributed by atoms with van der Waals surface area (Å²) in [4.78, 5) is 11.0. The lowest BCUT2D eigenvalue weighted by Crippen LogP contribution is -2.04. The first-order chi connectivity index (χ1) is 6.84. The summed E-state index contributed by atoms with van der Waals surface area (Å²) in [6, 6.07) is 1.76. The Morgan fingerprint density at radius 3 is 3.14 bits per heavy atom. The molecule has 0 saturated carbocycles. The molecule has 2 rings (SSSR count). The Bertz CT molecular complexity index is 447. The van der Waals surface area contributed by atoms with E-state index in [4.69, 9.17) is 12.2 Å². The fourth-order valence-corrected chi connectivity index (χ4v) is 1.29. The van der Waals surface area contributed by atoms with Crippen LogP contribution in [0.15, 0.2) is 24.9 Å². The van der Waals surface area contributed by atoms with Crippen LogP contribution in [0.1, 0.15) is 5.82 Å². The highest BCUT2D eigenvalue weighted by molar-refractivity contribution is 7.71. The van der Waals surface area contributed by atoms with Crippen molar-refractivity contribution in [1.29, 1.82) is 0 Å². The van der Waals surface area contributed by atoms with Crippen molar-refractivity contribution in [3.05, 3.63) is 35.4 Å². The Hall–Kier alpha value is -1.56. The van der Waals surface area contributed by atoms with Crippen LogP contribution in [0, 0.1) is 4.64 Å². The first-order valence-corrected chi connectivity index (χ1v) is 4.62. The van der Waals surface area contributed by atoms with Crippen molar-refractivity contribution in [1.82, 2.24) is 24.7 Å². The molecule has 6 heteroatoms. The van der Waals surface area contributed by atoms with Crippen LogP contribution in [0.2, 0.25) is 0 Å². The summed E-state index contributed by atoms with van der Waals surface area (Å²) >= 11 is 4.98. The van der Waals surface area contributed by atoms with Gasteiger partial charge in [-0.3, -0.25) is 4.68 Å². The quantitative estimate of drug-likeness (QED) is 0.762. The van der Waals surface area contributed by atoms with Crippen molar-refractivity contribution >= 4 is 12.2 Å². The van der Waals surface area contributed by atoms with Gasteiger partial charge >= 0.3 is 0 Å². The second kappa shape index (κ2) is 4.10. The van der Waals surface area contributed by atoms with Gasteiger partial charge in [-0.15, -0.1) is 0 Å². The SMILES string of the molecule is S=c1ccnc(CCn2cncn2)[nH]1. The molecule has 2 aromatic heterocycles. The smallest absolute Gasteiger partial charge is 0.137 e. The largest absolute Gasteiger partial charge is 0.335 e. The Morgan fingerprint density at radius 1 is 1.50 bits per heavy atom. The first kappa shape index (κ1) is 9.01. The number of aromatic nitrogens is 5. The molecular weight excluding hydrogens is 198 g/mol. The molecule has 0 radical (unpaired) electrons. The van der Waals surface area contributed by atoms with Gasteiger partial charge in [0.05, 0.1) is 0 Å². The van der Waals surface area contributed by atoms with E-state index in [9.17, 15) is 0 Å². The molecule has 0 unspecified atom stereocenters. The highest BCUT2D eigenvalue weighted by Crippen LogP contribution is 1.93. The first-order valence-electron chi connectivity index (χ1n) is 4.21. The maximum Gasteiger partial charge on any atom is 0.137 e. The van der Waals surface area contributed by atoms with E-state index in [2.05, 4.69) is 20.1 Å². The third-order valence-corrected chi connectivity index (χ3v) is 2.01. The fraction of sp³-hybridized carbons (Fsp3) is 0.250. The van der Waals surface area contributed by atoms with E-state index >= 15 is 0 Å². The third-order valence-electron chi connectivity index (χ3n) is 1.77. The van der Waals surface area contributed by atoms with Crippen LogP contribution in [-0.4, -0.2) is 24.7 Å². The van der Waals surface area contributed by atoms with Crippen LogP contribution in [-0.2, 0) is 13.0 Å². The topological polar surface area (TPSA) is 59.4 Å². The van der Waals surface area contributed by atoms with Crippen molar-refractivity contribution in [2.45, 2.75) is 13.0 Å². The van der Waals surface area contributed by atoms with E-state index < -0.39 is 0 Å². The van der Waals surface area contributed by atoms with Gasteiger partial charge in [-0.05, 0) is 6.07 Å². The number of nitrogens with zero attached hydrogens (tertiary/aromatic N) is 4. The van der Waals surface area contributed by atoms with E-state index in [1.807, 2.05) is 0 Å². The number of rotatable bonds is 3.